The van der Waals surface area contributed by atoms with Crippen molar-refractivity contribution in [2.75, 3.05) is 31.5 Å². The van der Waals surface area contributed by atoms with E-state index < -0.39 is 48.4 Å². The molecule has 43 heavy (non-hydrogen) atoms. The molecule has 1 N–H and O–H groups in total. The van der Waals surface area contributed by atoms with Crippen molar-refractivity contribution in [3.8, 4) is 0 Å². The number of aromatic nitrogens is 1. The van der Waals surface area contributed by atoms with Gasteiger partial charge >= 0.3 is 12.4 Å². The van der Waals surface area contributed by atoms with E-state index in [1.807, 2.05) is 0 Å². The number of fused-ring (bicyclic) bond motifs is 1. The van der Waals surface area contributed by atoms with Gasteiger partial charge in [0.25, 0.3) is 0 Å². The molecule has 228 valence electrons. The lowest BCUT2D eigenvalue weighted by molar-refractivity contribution is -0.140. The van der Waals surface area contributed by atoms with Crippen molar-refractivity contribution in [3.05, 3.63) is 90.1 Å². The highest BCUT2D eigenvalue weighted by molar-refractivity contribution is 7.89. The van der Waals surface area contributed by atoms with Crippen molar-refractivity contribution in [3.63, 3.8) is 0 Å². The van der Waals surface area contributed by atoms with E-state index in [1.165, 1.54) is 42.6 Å². The Morgan fingerprint density at radius 2 is 1.30 bits per heavy atom. The van der Waals surface area contributed by atoms with E-state index in [-0.39, 0.29) is 36.6 Å². The molecule has 0 radical (unpaired) electrons. The molecule has 8 nitrogen and oxygen atoms in total. The van der Waals surface area contributed by atoms with Crippen molar-refractivity contribution >= 4 is 42.3 Å². The number of rotatable bonds is 6. The van der Waals surface area contributed by atoms with Gasteiger partial charge in [0.15, 0.2) is 0 Å². The van der Waals surface area contributed by atoms with Crippen LogP contribution < -0.4 is 5.32 Å². The zero-order valence-electron chi connectivity index (χ0n) is 21.9. The van der Waals surface area contributed by atoms with E-state index in [0.717, 1.165) is 32.9 Å². The second-order valence-corrected chi connectivity index (χ2v) is 13.4. The van der Waals surface area contributed by atoms with E-state index in [1.54, 1.807) is 6.07 Å². The zero-order valence-corrected chi connectivity index (χ0v) is 23.5. The summed E-state index contributed by atoms with van der Waals surface area (Å²) >= 11 is 0. The van der Waals surface area contributed by atoms with Gasteiger partial charge in [0, 0.05) is 49.1 Å². The van der Waals surface area contributed by atoms with Crippen LogP contribution in [0.4, 0.5) is 37.7 Å². The van der Waals surface area contributed by atoms with Crippen molar-refractivity contribution < 1.29 is 43.2 Å². The van der Waals surface area contributed by atoms with Gasteiger partial charge in [0.1, 0.15) is 0 Å². The largest absolute Gasteiger partial charge is 0.417 e. The number of anilines is 2. The standard InChI is InChI=1S/C27H22F6N4O4S2/c28-26(29,30)18-5-10-21-23(11-12-34-24(21)17-18)35-19-6-8-20(9-7-19)42(38,39)36-13-15-37(16-14-36)43(40,41)25-4-2-1-3-22(25)27(31,32)33/h1-12,17H,13-16H2,(H,34,35). The summed E-state index contributed by atoms with van der Waals surface area (Å²) in [5.74, 6) is 0. The van der Waals surface area contributed by atoms with Gasteiger partial charge in [-0.3, -0.25) is 4.98 Å². The fourth-order valence-corrected chi connectivity index (χ4v) is 7.72. The Kier molecular flexibility index (Phi) is 7.91. The number of pyridine rings is 1. The molecular formula is C27H22F6N4O4S2. The highest BCUT2D eigenvalue weighted by atomic mass is 32.2. The molecule has 0 spiro atoms. The van der Waals surface area contributed by atoms with E-state index in [9.17, 15) is 43.2 Å². The third-order valence-electron chi connectivity index (χ3n) is 6.85. The maximum Gasteiger partial charge on any atom is 0.417 e. The van der Waals surface area contributed by atoms with Crippen LogP contribution in [-0.2, 0) is 32.4 Å². The maximum absolute atomic E-state index is 13.4. The molecule has 0 atom stereocenters. The van der Waals surface area contributed by atoms with Gasteiger partial charge in [0.2, 0.25) is 20.0 Å². The van der Waals surface area contributed by atoms with Gasteiger partial charge in [0.05, 0.1) is 26.4 Å². The lowest BCUT2D eigenvalue weighted by atomic mass is 10.1. The first-order valence-corrected chi connectivity index (χ1v) is 15.5. The van der Waals surface area contributed by atoms with Crippen LogP contribution in [0, 0.1) is 0 Å². The van der Waals surface area contributed by atoms with Crippen LogP contribution in [0.2, 0.25) is 0 Å². The number of hydrogen-bond acceptors (Lipinski definition) is 6. The van der Waals surface area contributed by atoms with Crippen LogP contribution in [0.5, 0.6) is 0 Å². The first kappa shape index (κ1) is 30.7. The molecule has 0 amide bonds. The number of sulfonamides is 2. The van der Waals surface area contributed by atoms with Crippen LogP contribution in [0.1, 0.15) is 11.1 Å². The van der Waals surface area contributed by atoms with Crippen LogP contribution in [-0.4, -0.2) is 56.6 Å². The summed E-state index contributed by atoms with van der Waals surface area (Å²) in [4.78, 5) is 2.99. The minimum atomic E-state index is -4.89. The second-order valence-electron chi connectivity index (χ2n) is 9.54. The summed E-state index contributed by atoms with van der Waals surface area (Å²) in [5, 5.41) is 3.45. The van der Waals surface area contributed by atoms with Crippen LogP contribution in [0.3, 0.4) is 0 Å². The van der Waals surface area contributed by atoms with Crippen molar-refractivity contribution in [1.29, 1.82) is 0 Å². The minimum absolute atomic E-state index is 0.105. The molecule has 1 aliphatic rings. The summed E-state index contributed by atoms with van der Waals surface area (Å²) in [6.07, 6.45) is -8.08. The third kappa shape index (κ3) is 6.18. The summed E-state index contributed by atoms with van der Waals surface area (Å²) < 4.78 is 134. The molecule has 1 aliphatic heterocycles. The van der Waals surface area contributed by atoms with E-state index >= 15 is 0 Å². The Balaban J connectivity index is 1.29. The fourth-order valence-electron chi connectivity index (χ4n) is 4.66. The van der Waals surface area contributed by atoms with E-state index in [2.05, 4.69) is 10.3 Å². The maximum atomic E-state index is 13.4. The van der Waals surface area contributed by atoms with Crippen molar-refractivity contribution in [1.82, 2.24) is 13.6 Å². The Morgan fingerprint density at radius 1 is 0.698 bits per heavy atom. The van der Waals surface area contributed by atoms with Crippen molar-refractivity contribution in [2.24, 2.45) is 0 Å². The Bertz CT molecular complexity index is 1870. The predicted octanol–water partition coefficient (Wildman–Crippen LogP) is 5.71. The molecule has 1 fully saturated rings. The summed E-state index contributed by atoms with van der Waals surface area (Å²) in [7, 11) is -8.63. The van der Waals surface area contributed by atoms with Gasteiger partial charge in [-0.25, -0.2) is 16.8 Å². The molecule has 2 heterocycles. The highest BCUT2D eigenvalue weighted by Crippen LogP contribution is 2.36. The van der Waals surface area contributed by atoms with Crippen molar-refractivity contribution in [2.45, 2.75) is 22.1 Å². The molecule has 0 unspecified atom stereocenters. The average Bonchev–Trinajstić information content (AvgIpc) is 2.96. The Morgan fingerprint density at radius 3 is 1.91 bits per heavy atom. The average molecular weight is 645 g/mol. The quantitative estimate of drug-likeness (QED) is 0.270. The molecule has 3 aromatic carbocycles. The van der Waals surface area contributed by atoms with Crippen LogP contribution in [0.15, 0.2) is 88.8 Å². The molecule has 0 aliphatic carbocycles. The van der Waals surface area contributed by atoms with Crippen LogP contribution in [0.25, 0.3) is 10.9 Å². The molecule has 1 aromatic heterocycles. The Hall–Kier alpha value is -3.73. The smallest absolute Gasteiger partial charge is 0.355 e. The lowest BCUT2D eigenvalue weighted by Crippen LogP contribution is -2.50. The number of nitrogens with one attached hydrogen (secondary N) is 1. The molecule has 16 heteroatoms. The van der Waals surface area contributed by atoms with Crippen LogP contribution >= 0.6 is 0 Å². The molecular weight excluding hydrogens is 622 g/mol. The molecule has 0 saturated carbocycles. The van der Waals surface area contributed by atoms with Gasteiger partial charge in [-0.05, 0) is 54.6 Å². The van der Waals surface area contributed by atoms with Gasteiger partial charge < -0.3 is 5.32 Å². The molecule has 0 bridgehead atoms. The van der Waals surface area contributed by atoms with Gasteiger partial charge in [-0.1, -0.05) is 18.2 Å². The SMILES string of the molecule is O=S(=O)(c1ccc(Nc2ccnc3cc(C(F)(F)F)ccc23)cc1)N1CCN(S(=O)(=O)c2ccccc2C(F)(F)F)CC1. The monoisotopic (exact) mass is 644 g/mol. The normalized spacial score (nSPS) is 16.0. The summed E-state index contributed by atoms with van der Waals surface area (Å²) in [6, 6.07) is 14.0. The first-order chi connectivity index (χ1) is 20.1. The predicted molar refractivity (Wildman–Crippen MR) is 145 cm³/mol. The number of alkyl halides is 6. The summed E-state index contributed by atoms with van der Waals surface area (Å²) in [5.41, 5.74) is -1.15. The fraction of sp³-hybridized carbons (Fsp3) is 0.222. The molecule has 1 saturated heterocycles. The lowest BCUT2D eigenvalue weighted by Gasteiger charge is -2.33. The summed E-state index contributed by atoms with van der Waals surface area (Å²) in [6.45, 7) is -1.26. The highest BCUT2D eigenvalue weighted by Gasteiger charge is 2.40. The number of hydrogen-bond donors (Lipinski definition) is 1. The van der Waals surface area contributed by atoms with Gasteiger partial charge in [-0.2, -0.15) is 35.0 Å². The minimum Gasteiger partial charge on any atom is -0.355 e. The number of piperazine rings is 1. The number of benzene rings is 3. The number of halogens is 6. The zero-order chi connectivity index (χ0) is 31.2. The van der Waals surface area contributed by atoms with Gasteiger partial charge in [-0.15, -0.1) is 0 Å². The molecule has 4 aromatic rings. The third-order valence-corrected chi connectivity index (χ3v) is 10.7. The van der Waals surface area contributed by atoms with E-state index in [4.69, 9.17) is 0 Å². The second kappa shape index (κ2) is 11.1. The Labute approximate surface area is 242 Å². The first-order valence-electron chi connectivity index (χ1n) is 12.6. The van der Waals surface area contributed by atoms with E-state index in [0.29, 0.717) is 22.8 Å². The number of nitrogens with zero attached hydrogens (tertiary/aromatic N) is 3. The molecule has 5 rings (SSSR count). The topological polar surface area (TPSA) is 99.7 Å².